The van der Waals surface area contributed by atoms with Gasteiger partial charge in [-0.05, 0) is 59.0 Å². The van der Waals surface area contributed by atoms with Crippen LogP contribution in [0.2, 0.25) is 0 Å². The number of rotatable bonds is 3. The third-order valence-corrected chi connectivity index (χ3v) is 7.53. The van der Waals surface area contributed by atoms with E-state index < -0.39 is 0 Å². The molecule has 3 rings (SSSR count). The van der Waals surface area contributed by atoms with Gasteiger partial charge in [-0.25, -0.2) is 9.78 Å². The van der Waals surface area contributed by atoms with Crippen LogP contribution < -0.4 is 5.73 Å². The van der Waals surface area contributed by atoms with Crippen LogP contribution >= 0.6 is 41.5 Å². The standard InChI is InChI=1S/C14H15IN2O2S2/c1-2-19-14(18)12-11(16)9-6-7-5-8(21-15)3-4-10(7)17-13(9)20-12/h6,8H,2-5,16H2,1H3. The highest BCUT2D eigenvalue weighted by Crippen LogP contribution is 2.38. The second kappa shape index (κ2) is 6.29. The first kappa shape index (κ1) is 15.4. The molecule has 2 aromatic rings. The van der Waals surface area contributed by atoms with Crippen molar-refractivity contribution in [1.82, 2.24) is 4.98 Å². The molecule has 4 nitrogen and oxygen atoms in total. The molecular weight excluding hydrogens is 419 g/mol. The van der Waals surface area contributed by atoms with E-state index in [0.29, 0.717) is 22.4 Å². The number of carbonyl (C=O) groups excluding carboxylic acids is 1. The molecule has 21 heavy (non-hydrogen) atoms. The molecular formula is C14H15IN2O2S2. The molecule has 1 aliphatic rings. The van der Waals surface area contributed by atoms with Gasteiger partial charge in [0.2, 0.25) is 0 Å². The summed E-state index contributed by atoms with van der Waals surface area (Å²) in [5.41, 5.74) is 9.06. The number of fused-ring (bicyclic) bond motifs is 2. The molecule has 0 saturated carbocycles. The molecule has 2 heterocycles. The smallest absolute Gasteiger partial charge is 0.350 e. The molecule has 0 radical (unpaired) electrons. The van der Waals surface area contributed by atoms with Crippen molar-refractivity contribution < 1.29 is 9.53 Å². The molecule has 0 aliphatic heterocycles. The van der Waals surface area contributed by atoms with E-state index in [0.717, 1.165) is 35.2 Å². The van der Waals surface area contributed by atoms with Crippen LogP contribution in [0.4, 0.5) is 5.69 Å². The number of esters is 1. The first-order chi connectivity index (χ1) is 10.1. The molecule has 0 bridgehead atoms. The van der Waals surface area contributed by atoms with Crippen molar-refractivity contribution >= 4 is 63.3 Å². The lowest BCUT2D eigenvalue weighted by Crippen LogP contribution is -2.16. The number of hydrogen-bond acceptors (Lipinski definition) is 6. The third kappa shape index (κ3) is 2.87. The topological polar surface area (TPSA) is 65.2 Å². The van der Waals surface area contributed by atoms with Gasteiger partial charge in [-0.2, -0.15) is 0 Å². The fourth-order valence-electron chi connectivity index (χ4n) is 2.58. The van der Waals surface area contributed by atoms with Crippen LogP contribution in [-0.2, 0) is 17.6 Å². The number of anilines is 1. The Kier molecular flexibility index (Phi) is 4.60. The Bertz CT molecular complexity index is 702. The zero-order valence-corrected chi connectivity index (χ0v) is 15.3. The number of nitrogens with zero attached hydrogens (tertiary/aromatic N) is 1. The fraction of sp³-hybridized carbons (Fsp3) is 0.429. The van der Waals surface area contributed by atoms with Crippen molar-refractivity contribution in [3.8, 4) is 0 Å². The Morgan fingerprint density at radius 2 is 2.48 bits per heavy atom. The van der Waals surface area contributed by atoms with Gasteiger partial charge < -0.3 is 10.5 Å². The first-order valence-electron chi connectivity index (χ1n) is 6.79. The second-order valence-electron chi connectivity index (χ2n) is 4.97. The van der Waals surface area contributed by atoms with Gasteiger partial charge in [-0.1, -0.05) is 8.93 Å². The largest absolute Gasteiger partial charge is 0.462 e. The summed E-state index contributed by atoms with van der Waals surface area (Å²) in [5.74, 6) is -0.350. The van der Waals surface area contributed by atoms with Gasteiger partial charge in [0.05, 0.1) is 12.3 Å². The summed E-state index contributed by atoms with van der Waals surface area (Å²) in [6.07, 6.45) is 3.18. The average Bonchev–Trinajstić information content (AvgIpc) is 2.81. The lowest BCUT2D eigenvalue weighted by atomic mass is 9.95. The molecule has 1 atom stereocenters. The zero-order chi connectivity index (χ0) is 15.0. The summed E-state index contributed by atoms with van der Waals surface area (Å²) in [6, 6.07) is 2.12. The van der Waals surface area contributed by atoms with Crippen LogP contribution in [0.5, 0.6) is 0 Å². The molecule has 2 aromatic heterocycles. The minimum Gasteiger partial charge on any atom is -0.462 e. The number of hydrogen-bond donors (Lipinski definition) is 1. The number of nitrogen functional groups attached to an aromatic ring is 1. The molecule has 0 spiro atoms. The SMILES string of the molecule is CCOC(=O)c1sc2nc3c(cc2c1N)CC(SI)CC3. The normalized spacial score (nSPS) is 17.7. The van der Waals surface area contributed by atoms with E-state index in [4.69, 9.17) is 15.5 Å². The van der Waals surface area contributed by atoms with Crippen molar-refractivity contribution in [2.24, 2.45) is 0 Å². The van der Waals surface area contributed by atoms with Crippen molar-refractivity contribution in [3.63, 3.8) is 0 Å². The van der Waals surface area contributed by atoms with Crippen molar-refractivity contribution in [2.45, 2.75) is 31.4 Å². The molecule has 0 fully saturated rings. The molecule has 1 aliphatic carbocycles. The van der Waals surface area contributed by atoms with Crippen molar-refractivity contribution in [2.75, 3.05) is 12.3 Å². The number of nitrogens with two attached hydrogens (primary N) is 1. The Balaban J connectivity index is 2.05. The first-order valence-corrected chi connectivity index (χ1v) is 11.0. The summed E-state index contributed by atoms with van der Waals surface area (Å²) in [4.78, 5) is 18.0. The highest BCUT2D eigenvalue weighted by molar-refractivity contribution is 14.2. The molecule has 1 unspecified atom stereocenters. The maximum absolute atomic E-state index is 11.9. The number of aromatic nitrogens is 1. The van der Waals surface area contributed by atoms with E-state index in [-0.39, 0.29) is 5.97 Å². The molecule has 2 N–H and O–H groups in total. The molecule has 0 amide bonds. The number of thiophene rings is 1. The number of aryl methyl sites for hydroxylation is 1. The summed E-state index contributed by atoms with van der Waals surface area (Å²) in [7, 11) is 1.88. The highest BCUT2D eigenvalue weighted by atomic mass is 127. The monoisotopic (exact) mass is 434 g/mol. The maximum Gasteiger partial charge on any atom is 0.350 e. The average molecular weight is 434 g/mol. The summed E-state index contributed by atoms with van der Waals surface area (Å²) < 4.78 is 5.06. The minimum atomic E-state index is -0.350. The van der Waals surface area contributed by atoms with Crippen LogP contribution in [-0.4, -0.2) is 22.8 Å². The van der Waals surface area contributed by atoms with Gasteiger partial charge in [0.15, 0.2) is 0 Å². The number of ether oxygens (including phenoxy) is 1. The Morgan fingerprint density at radius 1 is 1.67 bits per heavy atom. The van der Waals surface area contributed by atoms with Crippen LogP contribution in [0.15, 0.2) is 6.07 Å². The van der Waals surface area contributed by atoms with Crippen LogP contribution in [0.25, 0.3) is 10.2 Å². The maximum atomic E-state index is 11.9. The van der Waals surface area contributed by atoms with E-state index in [1.54, 1.807) is 6.92 Å². The molecule has 112 valence electrons. The molecule has 0 saturated heterocycles. The number of pyridine rings is 1. The van der Waals surface area contributed by atoms with E-state index in [9.17, 15) is 4.79 Å². The fourth-order valence-corrected chi connectivity index (χ4v) is 5.32. The number of halogens is 1. The Hall–Kier alpha value is -0.540. The quantitative estimate of drug-likeness (QED) is 0.585. The zero-order valence-electron chi connectivity index (χ0n) is 11.5. The van der Waals surface area contributed by atoms with E-state index >= 15 is 0 Å². The summed E-state index contributed by atoms with van der Waals surface area (Å²) >= 11 is 3.70. The number of carbonyl (C=O) groups is 1. The van der Waals surface area contributed by atoms with E-state index in [1.165, 1.54) is 16.9 Å². The third-order valence-electron chi connectivity index (χ3n) is 3.63. The minimum absolute atomic E-state index is 0.350. The van der Waals surface area contributed by atoms with Crippen LogP contribution in [0.1, 0.15) is 34.3 Å². The Labute approximate surface area is 143 Å². The van der Waals surface area contributed by atoms with Crippen molar-refractivity contribution in [3.05, 3.63) is 22.2 Å². The summed E-state index contributed by atoms with van der Waals surface area (Å²) in [6.45, 7) is 2.14. The lowest BCUT2D eigenvalue weighted by Gasteiger charge is -2.21. The predicted octanol–water partition coefficient (Wildman–Crippen LogP) is 4.00. The van der Waals surface area contributed by atoms with Gasteiger partial charge in [-0.3, -0.25) is 0 Å². The van der Waals surface area contributed by atoms with Crippen molar-refractivity contribution in [1.29, 1.82) is 0 Å². The van der Waals surface area contributed by atoms with Gasteiger partial charge in [-0.15, -0.1) is 11.3 Å². The van der Waals surface area contributed by atoms with Crippen LogP contribution in [0.3, 0.4) is 0 Å². The molecule has 0 aromatic carbocycles. The van der Waals surface area contributed by atoms with Crippen LogP contribution in [0, 0.1) is 0 Å². The second-order valence-corrected chi connectivity index (χ2v) is 8.34. The van der Waals surface area contributed by atoms with Gasteiger partial charge in [0, 0.05) is 16.3 Å². The van der Waals surface area contributed by atoms with E-state index in [2.05, 4.69) is 27.3 Å². The Morgan fingerprint density at radius 3 is 3.19 bits per heavy atom. The predicted molar refractivity (Wildman–Crippen MR) is 97.4 cm³/mol. The molecule has 7 heteroatoms. The van der Waals surface area contributed by atoms with Gasteiger partial charge in [0.1, 0.15) is 9.71 Å². The van der Waals surface area contributed by atoms with E-state index in [1.807, 2.05) is 8.93 Å². The summed E-state index contributed by atoms with van der Waals surface area (Å²) in [5, 5.41) is 1.53. The van der Waals surface area contributed by atoms with Gasteiger partial charge in [0.25, 0.3) is 0 Å². The highest BCUT2D eigenvalue weighted by Gasteiger charge is 2.24. The van der Waals surface area contributed by atoms with Gasteiger partial charge >= 0.3 is 5.97 Å². The lowest BCUT2D eigenvalue weighted by molar-refractivity contribution is 0.0533.